The van der Waals surface area contributed by atoms with Gasteiger partial charge in [0.2, 0.25) is 0 Å². The SMILES string of the molecule is N#CC1=C(N)C(C#N)(C#N)[C@@H](c2cccc(Br)c2)[C@@H]2CN(Cc3ccccc3)CC=C12. The van der Waals surface area contributed by atoms with Gasteiger partial charge in [-0.15, -0.1) is 0 Å². The van der Waals surface area contributed by atoms with E-state index in [9.17, 15) is 15.8 Å². The third-order valence-electron chi connectivity index (χ3n) is 6.20. The Morgan fingerprint density at radius 3 is 2.45 bits per heavy atom. The smallest absolute Gasteiger partial charge is 0.191 e. The second kappa shape index (κ2) is 8.40. The number of nitriles is 3. The fourth-order valence-corrected chi connectivity index (χ4v) is 5.20. The third kappa shape index (κ3) is 3.53. The quantitative estimate of drug-likeness (QED) is 0.718. The summed E-state index contributed by atoms with van der Waals surface area (Å²) in [5.41, 5.74) is 7.99. The van der Waals surface area contributed by atoms with Gasteiger partial charge in [-0.05, 0) is 28.8 Å². The lowest BCUT2D eigenvalue weighted by Gasteiger charge is -2.45. The molecule has 4 rings (SSSR count). The molecule has 0 bridgehead atoms. The first-order chi connectivity index (χ1) is 15.0. The van der Waals surface area contributed by atoms with Gasteiger partial charge in [0.05, 0.1) is 23.4 Å². The summed E-state index contributed by atoms with van der Waals surface area (Å²) >= 11 is 3.51. The molecule has 0 spiro atoms. The number of fused-ring (bicyclic) bond motifs is 1. The summed E-state index contributed by atoms with van der Waals surface area (Å²) in [5, 5.41) is 30.2. The summed E-state index contributed by atoms with van der Waals surface area (Å²) in [6.07, 6.45) is 2.03. The summed E-state index contributed by atoms with van der Waals surface area (Å²) in [5.74, 6) is -0.685. The van der Waals surface area contributed by atoms with E-state index in [0.717, 1.165) is 22.2 Å². The number of hydrogen-bond donors (Lipinski definition) is 1. The maximum Gasteiger partial charge on any atom is 0.191 e. The van der Waals surface area contributed by atoms with Crippen LogP contribution in [0.15, 0.2) is 82.0 Å². The van der Waals surface area contributed by atoms with Crippen molar-refractivity contribution < 1.29 is 0 Å². The minimum Gasteiger partial charge on any atom is -0.399 e. The van der Waals surface area contributed by atoms with Gasteiger partial charge < -0.3 is 5.73 Å². The normalized spacial score (nSPS) is 22.5. The van der Waals surface area contributed by atoms with E-state index in [4.69, 9.17) is 5.73 Å². The molecule has 2 N–H and O–H groups in total. The van der Waals surface area contributed by atoms with E-state index in [2.05, 4.69) is 51.2 Å². The number of nitrogens with zero attached hydrogens (tertiary/aromatic N) is 4. The van der Waals surface area contributed by atoms with Gasteiger partial charge in [-0.2, -0.15) is 15.8 Å². The van der Waals surface area contributed by atoms with E-state index in [1.165, 1.54) is 5.56 Å². The van der Waals surface area contributed by atoms with Crippen LogP contribution in [0, 0.1) is 45.3 Å². The average molecular weight is 470 g/mol. The van der Waals surface area contributed by atoms with E-state index in [0.29, 0.717) is 13.1 Å². The zero-order valence-corrected chi connectivity index (χ0v) is 18.4. The summed E-state index contributed by atoms with van der Waals surface area (Å²) in [7, 11) is 0. The van der Waals surface area contributed by atoms with Crippen molar-refractivity contribution in [1.82, 2.24) is 4.90 Å². The molecule has 0 saturated heterocycles. The lowest BCUT2D eigenvalue weighted by Crippen LogP contribution is -2.47. The number of nitrogens with two attached hydrogens (primary N) is 1. The van der Waals surface area contributed by atoms with Crippen molar-refractivity contribution in [2.45, 2.75) is 12.5 Å². The molecule has 6 heteroatoms. The maximum atomic E-state index is 10.2. The van der Waals surface area contributed by atoms with Crippen LogP contribution in [0.25, 0.3) is 0 Å². The Morgan fingerprint density at radius 1 is 1.06 bits per heavy atom. The van der Waals surface area contributed by atoms with Gasteiger partial charge in [-0.25, -0.2) is 0 Å². The Bertz CT molecular complexity index is 1180. The highest BCUT2D eigenvalue weighted by atomic mass is 79.9. The molecule has 0 unspecified atom stereocenters. The largest absolute Gasteiger partial charge is 0.399 e. The van der Waals surface area contributed by atoms with Crippen LogP contribution in [0.4, 0.5) is 0 Å². The first-order valence-corrected chi connectivity index (χ1v) is 10.8. The van der Waals surface area contributed by atoms with Crippen LogP contribution >= 0.6 is 15.9 Å². The highest BCUT2D eigenvalue weighted by Crippen LogP contribution is 2.54. The zero-order valence-electron chi connectivity index (χ0n) is 16.8. The van der Waals surface area contributed by atoms with Crippen LogP contribution in [0.1, 0.15) is 17.0 Å². The minimum atomic E-state index is -1.61. The topological polar surface area (TPSA) is 101 Å². The first kappa shape index (κ1) is 20.9. The van der Waals surface area contributed by atoms with Gasteiger partial charge in [0, 0.05) is 35.9 Å². The van der Waals surface area contributed by atoms with Crippen LogP contribution in [-0.4, -0.2) is 18.0 Å². The van der Waals surface area contributed by atoms with Gasteiger partial charge in [-0.3, -0.25) is 4.90 Å². The van der Waals surface area contributed by atoms with Crippen molar-refractivity contribution in [2.24, 2.45) is 17.1 Å². The molecule has 2 aliphatic rings. The standard InChI is InChI=1S/C25H20BrN5/c26-19-8-4-7-18(11-19)23-22-14-31(13-17-5-2-1-3-6-17)10-9-20(22)21(12-27)24(30)25(23,15-28)16-29/h1-9,11,22-23H,10,13-14,30H2/t22-,23+/m1/s1. The molecular formula is C25H20BrN5. The lowest BCUT2D eigenvalue weighted by atomic mass is 9.58. The Hall–Kier alpha value is -3.37. The van der Waals surface area contributed by atoms with Gasteiger partial charge >= 0.3 is 0 Å². The van der Waals surface area contributed by atoms with Crippen molar-refractivity contribution in [1.29, 1.82) is 15.8 Å². The Labute approximate surface area is 190 Å². The van der Waals surface area contributed by atoms with Crippen molar-refractivity contribution in [3.63, 3.8) is 0 Å². The highest BCUT2D eigenvalue weighted by Gasteiger charge is 2.54. The summed E-state index contributed by atoms with van der Waals surface area (Å²) in [6, 6.07) is 24.4. The van der Waals surface area contributed by atoms with Gasteiger partial charge in [-0.1, -0.05) is 64.5 Å². The molecule has 2 aromatic carbocycles. The molecule has 0 fully saturated rings. The van der Waals surface area contributed by atoms with E-state index in [-0.39, 0.29) is 17.2 Å². The monoisotopic (exact) mass is 469 g/mol. The van der Waals surface area contributed by atoms with Crippen LogP contribution in [0.2, 0.25) is 0 Å². The molecule has 152 valence electrons. The molecule has 0 radical (unpaired) electrons. The van der Waals surface area contributed by atoms with Crippen molar-refractivity contribution >= 4 is 15.9 Å². The van der Waals surface area contributed by atoms with Crippen LogP contribution in [0.3, 0.4) is 0 Å². The second-order valence-corrected chi connectivity index (χ2v) is 8.83. The summed E-state index contributed by atoms with van der Waals surface area (Å²) in [4.78, 5) is 2.28. The van der Waals surface area contributed by atoms with Crippen LogP contribution in [-0.2, 0) is 6.54 Å². The zero-order chi connectivity index (χ0) is 22.0. The average Bonchev–Trinajstić information content (AvgIpc) is 2.79. The fourth-order valence-electron chi connectivity index (χ4n) is 4.79. The van der Waals surface area contributed by atoms with Crippen molar-refractivity contribution in [3.8, 4) is 18.2 Å². The summed E-state index contributed by atoms with van der Waals surface area (Å²) in [6.45, 7) is 2.05. The van der Waals surface area contributed by atoms with E-state index >= 15 is 0 Å². The van der Waals surface area contributed by atoms with Gasteiger partial charge in [0.25, 0.3) is 0 Å². The number of hydrogen-bond acceptors (Lipinski definition) is 5. The minimum absolute atomic E-state index is 0.0592. The van der Waals surface area contributed by atoms with Crippen LogP contribution in [0.5, 0.6) is 0 Å². The highest BCUT2D eigenvalue weighted by molar-refractivity contribution is 9.10. The van der Waals surface area contributed by atoms with E-state index in [1.807, 2.05) is 48.5 Å². The van der Waals surface area contributed by atoms with E-state index < -0.39 is 11.3 Å². The number of benzene rings is 2. The molecule has 31 heavy (non-hydrogen) atoms. The van der Waals surface area contributed by atoms with Gasteiger partial charge in [0.1, 0.15) is 6.07 Å². The molecule has 5 nitrogen and oxygen atoms in total. The maximum absolute atomic E-state index is 10.2. The summed E-state index contributed by atoms with van der Waals surface area (Å²) < 4.78 is 0.867. The van der Waals surface area contributed by atoms with Crippen molar-refractivity contribution in [2.75, 3.05) is 13.1 Å². The Morgan fingerprint density at radius 2 is 1.81 bits per heavy atom. The molecule has 1 heterocycles. The van der Waals surface area contributed by atoms with Crippen molar-refractivity contribution in [3.05, 3.63) is 93.1 Å². The van der Waals surface area contributed by atoms with Gasteiger partial charge in [0.15, 0.2) is 5.41 Å². The number of halogens is 1. The number of allylic oxidation sites excluding steroid dienone is 2. The first-order valence-electron chi connectivity index (χ1n) is 9.99. The molecule has 2 atom stereocenters. The predicted octanol–water partition coefficient (Wildman–Crippen LogP) is 4.37. The molecule has 1 aliphatic heterocycles. The Balaban J connectivity index is 1.85. The van der Waals surface area contributed by atoms with Crippen LogP contribution < -0.4 is 5.73 Å². The van der Waals surface area contributed by atoms with E-state index in [1.54, 1.807) is 0 Å². The second-order valence-electron chi connectivity index (χ2n) is 7.91. The molecule has 2 aromatic rings. The lowest BCUT2D eigenvalue weighted by molar-refractivity contribution is 0.201. The fraction of sp³-hybridized carbons (Fsp3) is 0.240. The third-order valence-corrected chi connectivity index (χ3v) is 6.69. The molecular weight excluding hydrogens is 450 g/mol. The Kier molecular flexibility index (Phi) is 5.66. The molecule has 1 aliphatic carbocycles. The molecule has 0 aromatic heterocycles. The molecule has 0 saturated carbocycles. The molecule has 0 amide bonds. The number of rotatable bonds is 3. The predicted molar refractivity (Wildman–Crippen MR) is 121 cm³/mol.